The van der Waals surface area contributed by atoms with E-state index < -0.39 is 5.82 Å². The lowest BCUT2D eigenvalue weighted by atomic mass is 10.1. The first kappa shape index (κ1) is 22.6. The van der Waals surface area contributed by atoms with Crippen LogP contribution in [0.4, 0.5) is 10.1 Å². The van der Waals surface area contributed by atoms with Gasteiger partial charge in [0, 0.05) is 23.4 Å². The number of rotatable bonds is 9. The predicted molar refractivity (Wildman–Crippen MR) is 122 cm³/mol. The van der Waals surface area contributed by atoms with Crippen LogP contribution in [0.15, 0.2) is 66.7 Å². The van der Waals surface area contributed by atoms with Crippen molar-refractivity contribution >= 4 is 27.5 Å². The minimum Gasteiger partial charge on any atom is -0.497 e. The van der Waals surface area contributed by atoms with Crippen LogP contribution in [0, 0.1) is 5.82 Å². The van der Waals surface area contributed by atoms with Crippen LogP contribution in [0.25, 0.3) is 0 Å². The zero-order valence-corrected chi connectivity index (χ0v) is 18.9. The van der Waals surface area contributed by atoms with Crippen LogP contribution in [0.1, 0.15) is 12.0 Å². The van der Waals surface area contributed by atoms with Gasteiger partial charge < -0.3 is 19.1 Å². The molecular formula is C24H23BrFNO4. The Labute approximate surface area is 189 Å². The molecule has 0 bridgehead atoms. The maximum absolute atomic E-state index is 14.3. The largest absolute Gasteiger partial charge is 0.497 e. The van der Waals surface area contributed by atoms with Crippen molar-refractivity contribution in [2.45, 2.75) is 13.0 Å². The van der Waals surface area contributed by atoms with Gasteiger partial charge in [0.15, 0.2) is 5.75 Å². The predicted octanol–water partition coefficient (Wildman–Crippen LogP) is 5.95. The van der Waals surface area contributed by atoms with Crippen LogP contribution in [0.2, 0.25) is 0 Å². The molecule has 0 N–H and O–H groups in total. The van der Waals surface area contributed by atoms with E-state index >= 15 is 0 Å². The summed E-state index contributed by atoms with van der Waals surface area (Å²) < 4.78 is 31.0. The number of alkyl halides is 1. The Morgan fingerprint density at radius 1 is 0.935 bits per heavy atom. The van der Waals surface area contributed by atoms with Crippen LogP contribution < -0.4 is 19.1 Å². The fraction of sp³-hybridized carbons (Fsp3) is 0.208. The molecule has 0 spiro atoms. The zero-order valence-electron chi connectivity index (χ0n) is 17.3. The van der Waals surface area contributed by atoms with Gasteiger partial charge in [0.1, 0.15) is 23.1 Å². The lowest BCUT2D eigenvalue weighted by molar-refractivity contribution is -0.118. The Balaban J connectivity index is 2.05. The number of halogens is 2. The summed E-state index contributed by atoms with van der Waals surface area (Å²) in [4.78, 5) is 14.6. The van der Waals surface area contributed by atoms with E-state index in [1.54, 1.807) is 44.6 Å². The first-order chi connectivity index (χ1) is 15.0. The number of nitrogens with zero attached hydrogens (tertiary/aromatic N) is 1. The third-order valence-electron chi connectivity index (χ3n) is 4.61. The van der Waals surface area contributed by atoms with Crippen LogP contribution in [-0.4, -0.2) is 25.5 Å². The summed E-state index contributed by atoms with van der Waals surface area (Å²) in [7, 11) is 3.12. The Bertz CT molecular complexity index is 1030. The van der Waals surface area contributed by atoms with Gasteiger partial charge in [-0.25, -0.2) is 4.39 Å². The number of carbonyl (C=O) groups excluding carboxylic acids is 1. The number of hydrogen-bond acceptors (Lipinski definition) is 4. The number of carbonyl (C=O) groups is 1. The smallest absolute Gasteiger partial charge is 0.228 e. The third-order valence-corrected chi connectivity index (χ3v) is 5.00. The molecule has 1 amide bonds. The second-order valence-electron chi connectivity index (χ2n) is 6.62. The van der Waals surface area contributed by atoms with E-state index in [0.717, 1.165) is 5.56 Å². The molecule has 0 aliphatic heterocycles. The molecule has 162 valence electrons. The molecule has 0 saturated heterocycles. The highest BCUT2D eigenvalue weighted by Gasteiger charge is 2.22. The Morgan fingerprint density at radius 3 is 2.35 bits per heavy atom. The van der Waals surface area contributed by atoms with Gasteiger partial charge in [-0.15, -0.1) is 0 Å². The molecule has 0 saturated carbocycles. The molecule has 0 atom stereocenters. The molecule has 3 aromatic carbocycles. The zero-order chi connectivity index (χ0) is 22.2. The van der Waals surface area contributed by atoms with Crippen molar-refractivity contribution in [1.29, 1.82) is 0 Å². The van der Waals surface area contributed by atoms with E-state index in [4.69, 9.17) is 14.2 Å². The minimum absolute atomic E-state index is 0.154. The summed E-state index contributed by atoms with van der Waals surface area (Å²) in [6.07, 6.45) is 0.230. The number of amides is 1. The summed E-state index contributed by atoms with van der Waals surface area (Å²) in [5.41, 5.74) is 1.05. The van der Waals surface area contributed by atoms with Gasteiger partial charge >= 0.3 is 0 Å². The summed E-state index contributed by atoms with van der Waals surface area (Å²) in [5.74, 6) is 1.53. The molecule has 3 aromatic rings. The summed E-state index contributed by atoms with van der Waals surface area (Å²) in [6, 6.07) is 18.6. The maximum atomic E-state index is 14.3. The van der Waals surface area contributed by atoms with E-state index in [0.29, 0.717) is 34.0 Å². The second-order valence-corrected chi connectivity index (χ2v) is 7.42. The summed E-state index contributed by atoms with van der Waals surface area (Å²) in [5, 5.41) is 0.474. The molecule has 31 heavy (non-hydrogen) atoms. The SMILES string of the molecule is COc1ccc(OC)c(CN(C(=O)CCBr)c2cc(F)ccc2Oc2ccccc2)c1. The van der Waals surface area contributed by atoms with E-state index in [2.05, 4.69) is 15.9 Å². The molecule has 0 fully saturated rings. The lowest BCUT2D eigenvalue weighted by Gasteiger charge is -2.26. The first-order valence-electron chi connectivity index (χ1n) is 9.65. The van der Waals surface area contributed by atoms with E-state index in [1.807, 2.05) is 18.2 Å². The van der Waals surface area contributed by atoms with E-state index in [1.165, 1.54) is 23.1 Å². The van der Waals surface area contributed by atoms with E-state index in [9.17, 15) is 9.18 Å². The molecule has 0 aliphatic carbocycles. The average Bonchev–Trinajstić information content (AvgIpc) is 2.79. The van der Waals surface area contributed by atoms with Crippen molar-refractivity contribution in [2.24, 2.45) is 0 Å². The van der Waals surface area contributed by atoms with Crippen molar-refractivity contribution in [1.82, 2.24) is 0 Å². The fourth-order valence-electron chi connectivity index (χ4n) is 3.10. The number of ether oxygens (including phenoxy) is 3. The molecular weight excluding hydrogens is 465 g/mol. The normalized spacial score (nSPS) is 10.5. The second kappa shape index (κ2) is 10.8. The molecule has 3 rings (SSSR count). The van der Waals surface area contributed by atoms with Gasteiger partial charge in [-0.3, -0.25) is 4.79 Å². The number of hydrogen-bond donors (Lipinski definition) is 0. The number of methoxy groups -OCH3 is 2. The average molecular weight is 488 g/mol. The molecule has 0 aliphatic rings. The molecule has 0 radical (unpaired) electrons. The Morgan fingerprint density at radius 2 is 1.68 bits per heavy atom. The van der Waals surface area contributed by atoms with Gasteiger partial charge in [0.2, 0.25) is 5.91 Å². The van der Waals surface area contributed by atoms with Crippen LogP contribution in [-0.2, 0) is 11.3 Å². The van der Waals surface area contributed by atoms with E-state index in [-0.39, 0.29) is 18.9 Å². The highest BCUT2D eigenvalue weighted by molar-refractivity contribution is 9.09. The molecule has 0 unspecified atom stereocenters. The molecule has 0 aromatic heterocycles. The maximum Gasteiger partial charge on any atom is 0.228 e. The topological polar surface area (TPSA) is 48.0 Å². The number of benzene rings is 3. The van der Waals surface area contributed by atoms with Crippen molar-refractivity contribution in [3.05, 3.63) is 78.1 Å². The minimum atomic E-state index is -0.468. The van der Waals surface area contributed by atoms with Crippen LogP contribution in [0.3, 0.4) is 0 Å². The first-order valence-corrected chi connectivity index (χ1v) is 10.8. The van der Waals surface area contributed by atoms with Crippen molar-refractivity contribution in [3.63, 3.8) is 0 Å². The highest BCUT2D eigenvalue weighted by atomic mass is 79.9. The quantitative estimate of drug-likeness (QED) is 0.349. The van der Waals surface area contributed by atoms with Crippen molar-refractivity contribution < 1.29 is 23.4 Å². The van der Waals surface area contributed by atoms with Gasteiger partial charge in [0.05, 0.1) is 26.5 Å². The standard InChI is InChI=1S/C24H23BrFNO4/c1-29-20-9-11-22(30-2)17(14-20)16-27(24(28)12-13-25)21-15-18(26)8-10-23(21)31-19-6-4-3-5-7-19/h3-11,14-15H,12-13,16H2,1-2H3. The molecule has 7 heteroatoms. The van der Waals surface area contributed by atoms with Crippen molar-refractivity contribution in [3.8, 4) is 23.0 Å². The monoisotopic (exact) mass is 487 g/mol. The third kappa shape index (κ3) is 5.76. The lowest BCUT2D eigenvalue weighted by Crippen LogP contribution is -2.31. The van der Waals surface area contributed by atoms with Crippen LogP contribution >= 0.6 is 15.9 Å². The summed E-state index contributed by atoms with van der Waals surface area (Å²) in [6.45, 7) is 0.154. The fourth-order valence-corrected chi connectivity index (χ4v) is 3.44. The Hall–Kier alpha value is -3.06. The van der Waals surface area contributed by atoms with Crippen molar-refractivity contribution in [2.75, 3.05) is 24.4 Å². The number of para-hydroxylation sites is 1. The molecule has 5 nitrogen and oxygen atoms in total. The molecule has 0 heterocycles. The van der Waals surface area contributed by atoms with Gasteiger partial charge in [-0.05, 0) is 42.5 Å². The van der Waals surface area contributed by atoms with Gasteiger partial charge in [-0.1, -0.05) is 34.1 Å². The highest BCUT2D eigenvalue weighted by Crippen LogP contribution is 2.36. The van der Waals surface area contributed by atoms with Crippen LogP contribution in [0.5, 0.6) is 23.0 Å². The number of anilines is 1. The summed E-state index contributed by atoms with van der Waals surface area (Å²) >= 11 is 3.32. The Kier molecular flexibility index (Phi) is 7.89. The van der Waals surface area contributed by atoms with Gasteiger partial charge in [0.25, 0.3) is 0 Å². The van der Waals surface area contributed by atoms with Gasteiger partial charge in [-0.2, -0.15) is 0 Å².